The van der Waals surface area contributed by atoms with Crippen LogP contribution in [-0.4, -0.2) is 21.9 Å². The van der Waals surface area contributed by atoms with Crippen LogP contribution in [0.4, 0.5) is 0 Å². The van der Waals surface area contributed by atoms with Gasteiger partial charge in [-0.2, -0.15) is 11.8 Å². The Morgan fingerprint density at radius 3 is 2.72 bits per heavy atom. The summed E-state index contributed by atoms with van der Waals surface area (Å²) in [4.78, 5) is 12.2. The molecule has 18 heavy (non-hydrogen) atoms. The molecule has 0 radical (unpaired) electrons. The molecule has 1 aromatic heterocycles. The van der Waals surface area contributed by atoms with E-state index in [0.717, 1.165) is 12.0 Å². The number of carbonyl (C=O) groups is 1. The van der Waals surface area contributed by atoms with Gasteiger partial charge in [0.2, 0.25) is 0 Å². The van der Waals surface area contributed by atoms with Gasteiger partial charge in [-0.05, 0) is 42.2 Å². The van der Waals surface area contributed by atoms with Gasteiger partial charge in [-0.15, -0.1) is 0 Å². The molecule has 0 aromatic carbocycles. The predicted molar refractivity (Wildman–Crippen MR) is 76.5 cm³/mol. The van der Waals surface area contributed by atoms with Crippen molar-refractivity contribution >= 4 is 17.5 Å². The summed E-state index contributed by atoms with van der Waals surface area (Å²) in [7, 11) is 0. The largest absolute Gasteiger partial charge is 0.348 e. The van der Waals surface area contributed by atoms with Crippen LogP contribution in [0, 0.1) is 5.41 Å². The van der Waals surface area contributed by atoms with Gasteiger partial charge in [0.25, 0.3) is 0 Å². The second kappa shape index (κ2) is 4.44. The van der Waals surface area contributed by atoms with E-state index in [1.54, 1.807) is 0 Å². The van der Waals surface area contributed by atoms with Gasteiger partial charge in [0.15, 0.2) is 5.78 Å². The smallest absolute Gasteiger partial charge is 0.165 e. The van der Waals surface area contributed by atoms with Crippen molar-refractivity contribution in [1.82, 2.24) is 4.57 Å². The number of nitrogens with zero attached hydrogens (tertiary/aromatic N) is 1. The van der Waals surface area contributed by atoms with Crippen LogP contribution in [-0.2, 0) is 6.42 Å². The molecule has 1 aliphatic heterocycles. The maximum absolute atomic E-state index is 12.2. The van der Waals surface area contributed by atoms with E-state index >= 15 is 0 Å². The number of thioether (sulfide) groups is 1. The summed E-state index contributed by atoms with van der Waals surface area (Å²) in [6.07, 6.45) is 6.40. The molecule has 0 amide bonds. The first-order valence-electron chi connectivity index (χ1n) is 6.87. The third-order valence-electron chi connectivity index (χ3n) is 4.19. The van der Waals surface area contributed by atoms with Crippen LogP contribution in [0.15, 0.2) is 12.3 Å². The van der Waals surface area contributed by atoms with Crippen LogP contribution in [0.25, 0.3) is 0 Å². The first-order chi connectivity index (χ1) is 8.57. The van der Waals surface area contributed by atoms with Gasteiger partial charge in [0, 0.05) is 29.9 Å². The highest BCUT2D eigenvalue weighted by Crippen LogP contribution is 2.38. The second-order valence-electron chi connectivity index (χ2n) is 6.37. The number of aromatic nitrogens is 1. The minimum absolute atomic E-state index is 0.129. The van der Waals surface area contributed by atoms with Gasteiger partial charge in [-0.1, -0.05) is 13.8 Å². The van der Waals surface area contributed by atoms with Crippen LogP contribution < -0.4 is 0 Å². The Balaban J connectivity index is 1.96. The monoisotopic (exact) mass is 263 g/mol. The minimum atomic E-state index is 0.129. The first kappa shape index (κ1) is 12.3. The normalized spacial score (nSPS) is 24.0. The molecule has 0 bridgehead atoms. The fraction of sp³-hybridized carbons (Fsp3) is 0.667. The van der Waals surface area contributed by atoms with Crippen LogP contribution in [0.1, 0.15) is 55.2 Å². The zero-order chi connectivity index (χ0) is 12.8. The number of hydrogen-bond donors (Lipinski definition) is 0. The Bertz CT molecular complexity index is 469. The molecule has 2 nitrogen and oxygen atoms in total. The summed E-state index contributed by atoms with van der Waals surface area (Å²) in [5.41, 5.74) is 2.42. The molecule has 0 atom stereocenters. The zero-order valence-corrected chi connectivity index (χ0v) is 12.1. The Hall–Kier alpha value is -0.700. The van der Waals surface area contributed by atoms with Crippen molar-refractivity contribution in [3.8, 4) is 0 Å². The summed E-state index contributed by atoms with van der Waals surface area (Å²) in [5.74, 6) is 2.86. The molecule has 0 spiro atoms. The Labute approximate surface area is 113 Å². The number of Topliss-reactive ketones (excluding diaryl/α,β-unsaturated/α-hetero) is 1. The fourth-order valence-corrected chi connectivity index (χ4v) is 4.35. The van der Waals surface area contributed by atoms with Crippen molar-refractivity contribution in [2.75, 3.05) is 11.5 Å². The Kier molecular flexibility index (Phi) is 3.05. The number of hydrogen-bond acceptors (Lipinski definition) is 2. The molecule has 0 N–H and O–H groups in total. The topological polar surface area (TPSA) is 22.0 Å². The third-order valence-corrected chi connectivity index (χ3v) is 5.24. The predicted octanol–water partition coefficient (Wildman–Crippen LogP) is 3.71. The molecule has 0 unspecified atom stereocenters. The van der Waals surface area contributed by atoms with Gasteiger partial charge >= 0.3 is 0 Å². The van der Waals surface area contributed by atoms with E-state index in [4.69, 9.17) is 0 Å². The number of rotatable bonds is 1. The first-order valence-corrected chi connectivity index (χ1v) is 8.03. The van der Waals surface area contributed by atoms with E-state index in [1.807, 2.05) is 0 Å². The lowest BCUT2D eigenvalue weighted by atomic mass is 9.76. The van der Waals surface area contributed by atoms with Gasteiger partial charge in [0.1, 0.15) is 0 Å². The van der Waals surface area contributed by atoms with E-state index in [9.17, 15) is 4.79 Å². The number of carbonyl (C=O) groups excluding carboxylic acids is 1. The number of fused-ring (bicyclic) bond motifs is 1. The highest BCUT2D eigenvalue weighted by Gasteiger charge is 2.34. The van der Waals surface area contributed by atoms with Crippen LogP contribution in [0.2, 0.25) is 0 Å². The quantitative estimate of drug-likeness (QED) is 0.770. The van der Waals surface area contributed by atoms with Crippen molar-refractivity contribution in [2.45, 2.75) is 45.6 Å². The van der Waals surface area contributed by atoms with Crippen LogP contribution in [0.5, 0.6) is 0 Å². The van der Waals surface area contributed by atoms with Crippen molar-refractivity contribution in [1.29, 1.82) is 0 Å². The molecule has 1 fully saturated rings. The second-order valence-corrected chi connectivity index (χ2v) is 7.59. The lowest BCUT2D eigenvalue weighted by Crippen LogP contribution is -2.29. The summed E-state index contributed by atoms with van der Waals surface area (Å²) < 4.78 is 2.41. The number of ketones is 1. The molecular weight excluding hydrogens is 242 g/mol. The molecule has 1 aromatic rings. The molecular formula is C15H21NOS. The molecule has 2 heterocycles. The van der Waals surface area contributed by atoms with Gasteiger partial charge in [-0.25, -0.2) is 0 Å². The Morgan fingerprint density at radius 1 is 1.28 bits per heavy atom. The summed E-state index contributed by atoms with van der Waals surface area (Å²) in [6.45, 7) is 4.42. The standard InChI is InChI=1S/C15H21NOS/c1-15(2)9-13-12(14(17)10-15)3-6-16(13)11-4-7-18-8-5-11/h3,6,11H,4-5,7-10H2,1-2H3. The summed E-state index contributed by atoms with van der Waals surface area (Å²) >= 11 is 2.05. The molecule has 1 aliphatic carbocycles. The van der Waals surface area contributed by atoms with E-state index in [0.29, 0.717) is 18.2 Å². The molecule has 3 rings (SSSR count). The molecule has 3 heteroatoms. The lowest BCUT2D eigenvalue weighted by Gasteiger charge is -2.32. The average Bonchev–Trinajstić information content (AvgIpc) is 2.72. The molecule has 0 saturated carbocycles. The highest BCUT2D eigenvalue weighted by molar-refractivity contribution is 7.99. The van der Waals surface area contributed by atoms with Crippen molar-refractivity contribution in [3.63, 3.8) is 0 Å². The summed E-state index contributed by atoms with van der Waals surface area (Å²) in [6, 6.07) is 2.67. The molecule has 98 valence electrons. The van der Waals surface area contributed by atoms with Gasteiger partial charge < -0.3 is 4.57 Å². The van der Waals surface area contributed by atoms with Crippen molar-refractivity contribution in [2.24, 2.45) is 5.41 Å². The van der Waals surface area contributed by atoms with Crippen LogP contribution >= 0.6 is 11.8 Å². The average molecular weight is 263 g/mol. The lowest BCUT2D eigenvalue weighted by molar-refractivity contribution is 0.0909. The van der Waals surface area contributed by atoms with Crippen molar-refractivity contribution < 1.29 is 4.79 Å². The Morgan fingerprint density at radius 2 is 2.00 bits per heavy atom. The third kappa shape index (κ3) is 2.13. The zero-order valence-electron chi connectivity index (χ0n) is 11.2. The van der Waals surface area contributed by atoms with E-state index in [2.05, 4.69) is 42.4 Å². The van der Waals surface area contributed by atoms with E-state index in [-0.39, 0.29) is 5.41 Å². The SMILES string of the molecule is CC1(C)CC(=O)c2ccn(C3CCSCC3)c2C1. The highest BCUT2D eigenvalue weighted by atomic mass is 32.2. The minimum Gasteiger partial charge on any atom is -0.348 e. The maximum Gasteiger partial charge on any atom is 0.165 e. The van der Waals surface area contributed by atoms with Crippen LogP contribution in [0.3, 0.4) is 0 Å². The molecule has 1 saturated heterocycles. The molecule has 2 aliphatic rings. The summed E-state index contributed by atoms with van der Waals surface area (Å²) in [5, 5.41) is 0. The fourth-order valence-electron chi connectivity index (χ4n) is 3.27. The van der Waals surface area contributed by atoms with E-state index < -0.39 is 0 Å². The van der Waals surface area contributed by atoms with Gasteiger partial charge in [-0.3, -0.25) is 4.79 Å². The maximum atomic E-state index is 12.2. The van der Waals surface area contributed by atoms with Crippen molar-refractivity contribution in [3.05, 3.63) is 23.5 Å². The van der Waals surface area contributed by atoms with Gasteiger partial charge in [0.05, 0.1) is 0 Å². The van der Waals surface area contributed by atoms with E-state index in [1.165, 1.54) is 30.0 Å².